The lowest BCUT2D eigenvalue weighted by Gasteiger charge is -2.44. The van der Waals surface area contributed by atoms with Gasteiger partial charge in [0.1, 0.15) is 34.5 Å². The molecule has 226 valence electrons. The van der Waals surface area contributed by atoms with Crippen molar-refractivity contribution in [2.75, 3.05) is 0 Å². The normalized spacial score (nSPS) is 15.1. The molecule has 12 nitrogen and oxygen atoms in total. The fraction of sp³-hybridized carbons (Fsp3) is 0.250. The topological polar surface area (TPSA) is 158 Å². The van der Waals surface area contributed by atoms with Gasteiger partial charge in [-0.3, -0.25) is 28.8 Å². The Hall–Kier alpha value is -5.52. The molecule has 2 bridgehead atoms. The van der Waals surface area contributed by atoms with Gasteiger partial charge in [0, 0.05) is 86.8 Å². The molecule has 44 heavy (non-hydrogen) atoms. The van der Waals surface area contributed by atoms with E-state index >= 15 is 0 Å². The van der Waals surface area contributed by atoms with Crippen LogP contribution in [0.15, 0.2) is 36.4 Å². The molecule has 0 spiro atoms. The largest absolute Gasteiger partial charge is 0.426 e. The van der Waals surface area contributed by atoms with Crippen molar-refractivity contribution >= 4 is 35.8 Å². The molecule has 0 fully saturated rings. The van der Waals surface area contributed by atoms with Crippen LogP contribution in [-0.4, -0.2) is 35.8 Å². The Bertz CT molecular complexity index is 1460. The SMILES string of the molecule is CC(=O)Oc1ccc(OC(C)=O)c2c1C1c3c(OC(C)=O)ccc(OC(C)=O)c3C2c2c(OC(C)=O)ccc(OC(C)=O)c21. The van der Waals surface area contributed by atoms with Crippen LogP contribution in [0.2, 0.25) is 0 Å². The molecule has 0 atom stereocenters. The lowest BCUT2D eigenvalue weighted by Crippen LogP contribution is -2.32. The number of benzene rings is 3. The number of carbonyl (C=O) groups excluding carboxylic acids is 6. The van der Waals surface area contributed by atoms with Gasteiger partial charge < -0.3 is 28.4 Å². The van der Waals surface area contributed by atoms with Gasteiger partial charge in [-0.25, -0.2) is 0 Å². The molecule has 3 aromatic rings. The van der Waals surface area contributed by atoms with Gasteiger partial charge in [-0.1, -0.05) is 0 Å². The van der Waals surface area contributed by atoms with Gasteiger partial charge in [-0.2, -0.15) is 0 Å². The van der Waals surface area contributed by atoms with E-state index in [1.165, 1.54) is 77.9 Å². The number of esters is 6. The van der Waals surface area contributed by atoms with E-state index in [9.17, 15) is 28.8 Å². The summed E-state index contributed by atoms with van der Waals surface area (Å²) in [5, 5.41) is 0. The lowest BCUT2D eigenvalue weighted by atomic mass is 9.59. The molecule has 0 aromatic heterocycles. The molecule has 0 aliphatic heterocycles. The molecule has 0 amide bonds. The van der Waals surface area contributed by atoms with Crippen LogP contribution >= 0.6 is 0 Å². The average Bonchev–Trinajstić information content (AvgIpc) is 2.90. The minimum atomic E-state index is -1.06. The predicted molar refractivity (Wildman–Crippen MR) is 149 cm³/mol. The smallest absolute Gasteiger partial charge is 0.308 e. The summed E-state index contributed by atoms with van der Waals surface area (Å²) in [5.41, 5.74) is 1.95. The molecule has 12 heteroatoms. The van der Waals surface area contributed by atoms with Gasteiger partial charge >= 0.3 is 35.8 Å². The number of hydrogen-bond donors (Lipinski definition) is 0. The summed E-state index contributed by atoms with van der Waals surface area (Å²) in [6.07, 6.45) is 0. The fourth-order valence-corrected chi connectivity index (χ4v) is 5.90. The maximum atomic E-state index is 12.3. The van der Waals surface area contributed by atoms with Gasteiger partial charge in [0.2, 0.25) is 0 Å². The van der Waals surface area contributed by atoms with E-state index in [2.05, 4.69) is 0 Å². The van der Waals surface area contributed by atoms with Crippen LogP contribution in [0, 0.1) is 0 Å². The third kappa shape index (κ3) is 5.26. The van der Waals surface area contributed by atoms with E-state index in [1.807, 2.05) is 0 Å². The van der Waals surface area contributed by atoms with Crippen LogP contribution < -0.4 is 28.4 Å². The third-order valence-corrected chi connectivity index (χ3v) is 6.88. The Labute approximate surface area is 250 Å². The van der Waals surface area contributed by atoms with Crippen LogP contribution in [0.5, 0.6) is 34.5 Å². The standard InChI is InChI=1S/C32H26O12/c1-13(33)39-19-7-8-20(40-14(2)34)26-25(19)31-27-21(41-15(3)35)9-11-23(43-17(5)37)29(27)32(26)30-24(44-18(6)38)12-10-22(28(30)31)42-16(4)36/h7-12,31-32H,1-6H3. The highest BCUT2D eigenvalue weighted by atomic mass is 16.6. The van der Waals surface area contributed by atoms with Crippen molar-refractivity contribution in [1.82, 2.24) is 0 Å². The van der Waals surface area contributed by atoms with Crippen molar-refractivity contribution in [1.29, 1.82) is 0 Å². The molecule has 3 aliphatic carbocycles. The van der Waals surface area contributed by atoms with Crippen LogP contribution in [0.3, 0.4) is 0 Å². The molecule has 0 radical (unpaired) electrons. The first-order chi connectivity index (χ1) is 20.8. The molecule has 3 aromatic carbocycles. The Balaban J connectivity index is 2.01. The summed E-state index contributed by atoms with van der Waals surface area (Å²) in [5.74, 6) is -5.58. The van der Waals surface area contributed by atoms with Crippen LogP contribution in [0.4, 0.5) is 0 Å². The summed E-state index contributed by atoms with van der Waals surface area (Å²) >= 11 is 0. The summed E-state index contributed by atoms with van der Waals surface area (Å²) in [4.78, 5) is 73.6. The number of hydrogen-bond acceptors (Lipinski definition) is 12. The third-order valence-electron chi connectivity index (χ3n) is 6.88. The van der Waals surface area contributed by atoms with Crippen molar-refractivity contribution < 1.29 is 57.2 Å². The molecule has 6 rings (SSSR count). The molecular formula is C32H26O12. The molecule has 0 N–H and O–H groups in total. The highest BCUT2D eigenvalue weighted by Crippen LogP contribution is 2.66. The number of rotatable bonds is 6. The zero-order chi connectivity index (χ0) is 32.0. The average molecular weight is 603 g/mol. The Kier molecular flexibility index (Phi) is 7.68. The minimum absolute atomic E-state index is 0.0769. The molecule has 3 aliphatic rings. The molecule has 0 saturated heterocycles. The maximum Gasteiger partial charge on any atom is 0.308 e. The second-order valence-corrected chi connectivity index (χ2v) is 10.1. The highest BCUT2D eigenvalue weighted by Gasteiger charge is 2.51. The van der Waals surface area contributed by atoms with E-state index in [0.29, 0.717) is 33.4 Å². The van der Waals surface area contributed by atoms with Gasteiger partial charge in [-0.05, 0) is 36.4 Å². The van der Waals surface area contributed by atoms with Crippen molar-refractivity contribution in [2.45, 2.75) is 53.4 Å². The first-order valence-corrected chi connectivity index (χ1v) is 13.4. The zero-order valence-corrected chi connectivity index (χ0v) is 24.5. The van der Waals surface area contributed by atoms with Crippen LogP contribution in [-0.2, 0) is 28.8 Å². The Morgan fingerprint density at radius 2 is 0.477 bits per heavy atom. The number of carbonyl (C=O) groups is 6. The highest BCUT2D eigenvalue weighted by molar-refractivity contribution is 5.86. The molecule has 0 heterocycles. The summed E-state index contributed by atoms with van der Waals surface area (Å²) in [6.45, 7) is 7.26. The first kappa shape index (κ1) is 30.0. The molecule has 0 unspecified atom stereocenters. The Morgan fingerprint density at radius 3 is 0.591 bits per heavy atom. The summed E-state index contributed by atoms with van der Waals surface area (Å²) < 4.78 is 33.7. The van der Waals surface area contributed by atoms with E-state index in [4.69, 9.17) is 28.4 Å². The monoisotopic (exact) mass is 602 g/mol. The van der Waals surface area contributed by atoms with Gasteiger partial charge in [-0.15, -0.1) is 0 Å². The van der Waals surface area contributed by atoms with E-state index < -0.39 is 47.7 Å². The van der Waals surface area contributed by atoms with Gasteiger partial charge in [0.15, 0.2) is 0 Å². The van der Waals surface area contributed by atoms with Gasteiger partial charge in [0.05, 0.1) is 0 Å². The Morgan fingerprint density at radius 1 is 0.341 bits per heavy atom. The van der Waals surface area contributed by atoms with Gasteiger partial charge in [0.25, 0.3) is 0 Å². The lowest BCUT2D eigenvalue weighted by molar-refractivity contribution is -0.133. The minimum Gasteiger partial charge on any atom is -0.426 e. The quantitative estimate of drug-likeness (QED) is 0.202. The van der Waals surface area contributed by atoms with Crippen molar-refractivity contribution in [2.24, 2.45) is 0 Å². The van der Waals surface area contributed by atoms with E-state index in [0.717, 1.165) is 0 Å². The van der Waals surface area contributed by atoms with Crippen LogP contribution in [0.1, 0.15) is 86.8 Å². The second-order valence-electron chi connectivity index (χ2n) is 10.1. The second kappa shape index (κ2) is 11.3. The van der Waals surface area contributed by atoms with Crippen molar-refractivity contribution in [3.63, 3.8) is 0 Å². The summed E-state index contributed by atoms with van der Waals surface area (Å²) in [7, 11) is 0. The predicted octanol–water partition coefficient (Wildman–Crippen LogP) is 4.23. The zero-order valence-electron chi connectivity index (χ0n) is 24.5. The summed E-state index contributed by atoms with van der Waals surface area (Å²) in [6, 6.07) is 8.68. The fourth-order valence-electron chi connectivity index (χ4n) is 5.90. The number of ether oxygens (including phenoxy) is 6. The first-order valence-electron chi connectivity index (χ1n) is 13.4. The van der Waals surface area contributed by atoms with Crippen molar-refractivity contribution in [3.05, 3.63) is 69.8 Å². The van der Waals surface area contributed by atoms with E-state index in [-0.39, 0.29) is 34.5 Å². The maximum absolute atomic E-state index is 12.3. The molecule has 0 saturated carbocycles. The van der Waals surface area contributed by atoms with Crippen molar-refractivity contribution in [3.8, 4) is 34.5 Å². The van der Waals surface area contributed by atoms with E-state index in [1.54, 1.807) is 0 Å². The van der Waals surface area contributed by atoms with Crippen LogP contribution in [0.25, 0.3) is 0 Å². The molecular weight excluding hydrogens is 576 g/mol.